The molecule has 0 aromatic heterocycles. The molecule has 0 aromatic carbocycles. The number of carbonyl (C=O) groups excluding carboxylic acids is 5. The number of esters is 5. The van der Waals surface area contributed by atoms with Crippen LogP contribution in [0.25, 0.3) is 0 Å². The fourth-order valence-electron chi connectivity index (χ4n) is 2.40. The zero-order valence-electron chi connectivity index (χ0n) is 16.0. The third kappa shape index (κ3) is 6.28. The quantitative estimate of drug-likeness (QED) is 0.233. The Labute approximate surface area is 165 Å². The van der Waals surface area contributed by atoms with E-state index in [1.165, 1.54) is 6.07 Å². The van der Waals surface area contributed by atoms with Crippen LogP contribution in [-0.2, 0) is 52.4 Å². The average molecular weight is 413 g/mol. The fraction of sp³-hybridized carbons (Fsp3) is 0.529. The van der Waals surface area contributed by atoms with Crippen molar-refractivity contribution < 1.29 is 52.4 Å². The van der Waals surface area contributed by atoms with Crippen molar-refractivity contribution >= 4 is 29.8 Å². The van der Waals surface area contributed by atoms with E-state index < -0.39 is 66.1 Å². The summed E-state index contributed by atoms with van der Waals surface area (Å²) in [5, 5.41) is 8.76. The molecule has 5 atom stereocenters. The first-order chi connectivity index (χ1) is 13.5. The van der Waals surface area contributed by atoms with Crippen molar-refractivity contribution in [2.75, 3.05) is 7.11 Å². The van der Waals surface area contributed by atoms with Gasteiger partial charge < -0.3 is 28.4 Å². The molecule has 158 valence electrons. The predicted molar refractivity (Wildman–Crippen MR) is 88.2 cm³/mol. The van der Waals surface area contributed by atoms with Crippen molar-refractivity contribution in [2.24, 2.45) is 0 Å². The van der Waals surface area contributed by atoms with E-state index in [2.05, 4.69) is 11.3 Å². The zero-order chi connectivity index (χ0) is 22.3. The van der Waals surface area contributed by atoms with Gasteiger partial charge in [-0.1, -0.05) is 6.58 Å². The second-order valence-electron chi connectivity index (χ2n) is 5.67. The summed E-state index contributed by atoms with van der Waals surface area (Å²) in [6.07, 6.45) is -8.38. The molecular formula is C17H19NO11. The highest BCUT2D eigenvalue weighted by molar-refractivity contribution is 5.92. The summed E-state index contributed by atoms with van der Waals surface area (Å²) in [4.78, 5) is 58.7. The molecule has 0 saturated carbocycles. The van der Waals surface area contributed by atoms with Gasteiger partial charge in [0.25, 0.3) is 0 Å². The van der Waals surface area contributed by atoms with Gasteiger partial charge in [-0.05, 0) is 0 Å². The smallest absolute Gasteiger partial charge is 0.350 e. The van der Waals surface area contributed by atoms with Gasteiger partial charge in [0.15, 0.2) is 18.3 Å². The highest BCUT2D eigenvalue weighted by Gasteiger charge is 2.56. The minimum absolute atomic E-state index is 0.615. The summed E-state index contributed by atoms with van der Waals surface area (Å²) in [5.41, 5.74) is -0.615. The molecule has 0 radical (unpaired) electrons. The average Bonchev–Trinajstić information content (AvgIpc) is 2.63. The van der Waals surface area contributed by atoms with Crippen molar-refractivity contribution in [3.63, 3.8) is 0 Å². The molecule has 0 amide bonds. The van der Waals surface area contributed by atoms with E-state index in [-0.39, 0.29) is 0 Å². The molecule has 0 bridgehead atoms. The first-order valence-corrected chi connectivity index (χ1v) is 8.06. The molecule has 0 aliphatic carbocycles. The van der Waals surface area contributed by atoms with Crippen molar-refractivity contribution in [1.29, 1.82) is 5.26 Å². The Morgan fingerprint density at radius 1 is 0.862 bits per heavy atom. The van der Waals surface area contributed by atoms with Crippen LogP contribution in [0.3, 0.4) is 0 Å². The molecule has 5 unspecified atom stereocenters. The predicted octanol–water partition coefficient (Wildman–Crippen LogP) is -0.698. The topological polar surface area (TPSA) is 165 Å². The molecular weight excluding hydrogens is 394 g/mol. The highest BCUT2D eigenvalue weighted by Crippen LogP contribution is 2.30. The minimum atomic E-state index is -1.82. The van der Waals surface area contributed by atoms with Crippen LogP contribution in [0, 0.1) is 11.3 Å². The maximum atomic E-state index is 12.1. The standard InChI is InChI=1S/C17H19NO11/c1-7(6-18)15(22)29-17-14(27-10(4)21)12(26-9(3)20)11(25-8(2)19)13(28-17)16(23)24-5/h11-14,17H,1H2,2-5H3. The Morgan fingerprint density at radius 2 is 1.34 bits per heavy atom. The lowest BCUT2D eigenvalue weighted by Crippen LogP contribution is -2.64. The first-order valence-electron chi connectivity index (χ1n) is 8.06. The summed E-state index contributed by atoms with van der Waals surface area (Å²) in [5.74, 6) is -4.96. The molecule has 0 N–H and O–H groups in total. The van der Waals surface area contributed by atoms with E-state index in [4.69, 9.17) is 28.9 Å². The number of carbonyl (C=O) groups is 5. The Kier molecular flexibility index (Phi) is 8.28. The summed E-state index contributed by atoms with van der Waals surface area (Å²) in [6, 6.07) is 1.45. The number of nitrogens with zero attached hydrogens (tertiary/aromatic N) is 1. The molecule has 1 fully saturated rings. The summed E-state index contributed by atoms with van der Waals surface area (Å²) < 4.78 is 30.0. The normalized spacial score (nSPS) is 25.6. The van der Waals surface area contributed by atoms with Crippen LogP contribution in [0.4, 0.5) is 0 Å². The second kappa shape index (κ2) is 10.2. The molecule has 12 heteroatoms. The summed E-state index contributed by atoms with van der Waals surface area (Å²) in [6.45, 7) is 6.20. The van der Waals surface area contributed by atoms with Crippen molar-refractivity contribution in [3.8, 4) is 6.07 Å². The molecule has 0 aromatic rings. The van der Waals surface area contributed by atoms with Gasteiger partial charge in [-0.15, -0.1) is 0 Å². The van der Waals surface area contributed by atoms with Gasteiger partial charge >= 0.3 is 29.8 Å². The van der Waals surface area contributed by atoms with Gasteiger partial charge in [-0.25, -0.2) is 9.59 Å². The van der Waals surface area contributed by atoms with E-state index in [0.717, 1.165) is 27.9 Å². The number of methoxy groups -OCH3 is 1. The van der Waals surface area contributed by atoms with Gasteiger partial charge in [0, 0.05) is 20.8 Å². The number of ether oxygens (including phenoxy) is 6. The van der Waals surface area contributed by atoms with E-state index in [1.807, 2.05) is 0 Å². The number of rotatable bonds is 6. The number of hydrogen-bond donors (Lipinski definition) is 0. The van der Waals surface area contributed by atoms with Crippen LogP contribution in [0.5, 0.6) is 0 Å². The van der Waals surface area contributed by atoms with E-state index >= 15 is 0 Å². The van der Waals surface area contributed by atoms with Gasteiger partial charge in [-0.2, -0.15) is 5.26 Å². The molecule has 1 heterocycles. The van der Waals surface area contributed by atoms with Crippen LogP contribution < -0.4 is 0 Å². The lowest BCUT2D eigenvalue weighted by molar-refractivity contribution is -0.293. The van der Waals surface area contributed by atoms with Crippen molar-refractivity contribution in [3.05, 3.63) is 12.2 Å². The maximum absolute atomic E-state index is 12.1. The van der Waals surface area contributed by atoms with Gasteiger partial charge in [0.1, 0.15) is 11.6 Å². The molecule has 1 aliphatic heterocycles. The van der Waals surface area contributed by atoms with E-state index in [1.54, 1.807) is 0 Å². The molecule has 1 rings (SSSR count). The lowest BCUT2D eigenvalue weighted by Gasteiger charge is -2.42. The largest absolute Gasteiger partial charge is 0.467 e. The molecule has 0 spiro atoms. The Bertz CT molecular complexity index is 753. The molecule has 1 aliphatic rings. The molecule has 12 nitrogen and oxygen atoms in total. The van der Waals surface area contributed by atoms with Crippen LogP contribution >= 0.6 is 0 Å². The van der Waals surface area contributed by atoms with Crippen molar-refractivity contribution in [2.45, 2.75) is 51.5 Å². The molecule has 1 saturated heterocycles. The lowest BCUT2D eigenvalue weighted by atomic mass is 9.97. The Morgan fingerprint density at radius 3 is 1.79 bits per heavy atom. The second-order valence-corrected chi connectivity index (χ2v) is 5.67. The molecule has 29 heavy (non-hydrogen) atoms. The third-order valence-electron chi connectivity index (χ3n) is 3.44. The third-order valence-corrected chi connectivity index (χ3v) is 3.44. The summed E-state index contributed by atoms with van der Waals surface area (Å²) in [7, 11) is 1.01. The number of hydrogen-bond acceptors (Lipinski definition) is 12. The van der Waals surface area contributed by atoms with Crippen LogP contribution in [0.2, 0.25) is 0 Å². The van der Waals surface area contributed by atoms with Crippen LogP contribution in [0.1, 0.15) is 20.8 Å². The maximum Gasteiger partial charge on any atom is 0.350 e. The fourth-order valence-corrected chi connectivity index (χ4v) is 2.40. The van der Waals surface area contributed by atoms with Crippen molar-refractivity contribution in [1.82, 2.24) is 0 Å². The van der Waals surface area contributed by atoms with Gasteiger partial charge in [0.05, 0.1) is 7.11 Å². The minimum Gasteiger partial charge on any atom is -0.467 e. The highest BCUT2D eigenvalue weighted by atomic mass is 16.7. The monoisotopic (exact) mass is 413 g/mol. The number of nitriles is 1. The Hall–Kier alpha value is -3.46. The van der Waals surface area contributed by atoms with Crippen LogP contribution in [-0.4, -0.2) is 67.7 Å². The van der Waals surface area contributed by atoms with E-state index in [9.17, 15) is 24.0 Å². The zero-order valence-corrected chi connectivity index (χ0v) is 16.0. The van der Waals surface area contributed by atoms with Gasteiger partial charge in [-0.3, -0.25) is 14.4 Å². The van der Waals surface area contributed by atoms with E-state index in [0.29, 0.717) is 0 Å². The Balaban J connectivity index is 3.44. The summed E-state index contributed by atoms with van der Waals surface area (Å²) >= 11 is 0. The van der Waals surface area contributed by atoms with Crippen LogP contribution in [0.15, 0.2) is 12.2 Å². The van der Waals surface area contributed by atoms with Gasteiger partial charge in [0.2, 0.25) is 12.4 Å². The first kappa shape index (κ1) is 23.6. The SMILES string of the molecule is C=C(C#N)C(=O)OC1OC(C(=O)OC)C(OC(C)=O)C(OC(C)=O)C1OC(C)=O.